The third-order valence-electron chi connectivity index (χ3n) is 3.69. The van der Waals surface area contributed by atoms with Crippen molar-refractivity contribution in [2.45, 2.75) is 12.0 Å². The fourth-order valence-corrected chi connectivity index (χ4v) is 2.46. The minimum Gasteiger partial charge on any atom is -0.493 e. The number of rotatable bonds is 3. The zero-order chi connectivity index (χ0) is 11.0. The van der Waals surface area contributed by atoms with E-state index in [1.807, 2.05) is 6.07 Å². The maximum absolute atomic E-state index is 5.70. The molecule has 2 aliphatic rings. The molecule has 2 heterocycles. The average molecular weight is 218 g/mol. The van der Waals surface area contributed by atoms with Crippen molar-refractivity contribution in [3.8, 4) is 5.75 Å². The van der Waals surface area contributed by atoms with Crippen LogP contribution < -0.4 is 10.1 Å². The fourth-order valence-electron chi connectivity index (χ4n) is 2.46. The smallest absolute Gasteiger partial charge is 0.122 e. The molecule has 2 aliphatic heterocycles. The van der Waals surface area contributed by atoms with Gasteiger partial charge in [0.1, 0.15) is 5.75 Å². The highest BCUT2D eigenvalue weighted by Gasteiger charge is 2.28. The summed E-state index contributed by atoms with van der Waals surface area (Å²) in [5.41, 5.74) is 1.38. The molecule has 3 rings (SSSR count). The topological polar surface area (TPSA) is 24.5 Å². The van der Waals surface area contributed by atoms with Crippen LogP contribution >= 0.6 is 0 Å². The Morgan fingerprint density at radius 3 is 2.94 bits per heavy atom. The molecule has 0 spiro atoms. The normalized spacial score (nSPS) is 24.0. The Kier molecular flexibility index (Phi) is 2.58. The van der Waals surface area contributed by atoms with E-state index in [4.69, 9.17) is 4.74 Å². The molecule has 1 fully saturated rings. The van der Waals surface area contributed by atoms with E-state index in [9.17, 15) is 0 Å². The number of nitrogens with zero attached hydrogens (tertiary/aromatic N) is 1. The summed E-state index contributed by atoms with van der Waals surface area (Å²) in [5, 5.41) is 3.31. The summed E-state index contributed by atoms with van der Waals surface area (Å²) in [7, 11) is 2.21. The van der Waals surface area contributed by atoms with Crippen LogP contribution in [-0.2, 0) is 0 Å². The van der Waals surface area contributed by atoms with Gasteiger partial charge >= 0.3 is 0 Å². The summed E-state index contributed by atoms with van der Waals surface area (Å²) in [6.07, 6.45) is 0. The molecular formula is C13H18N2O. The van der Waals surface area contributed by atoms with Crippen LogP contribution in [0.25, 0.3) is 0 Å². The van der Waals surface area contributed by atoms with E-state index in [1.54, 1.807) is 0 Å². The van der Waals surface area contributed by atoms with Gasteiger partial charge in [-0.2, -0.15) is 0 Å². The average Bonchev–Trinajstić information content (AvgIpc) is 2.59. The van der Waals surface area contributed by atoms with Gasteiger partial charge in [-0.15, -0.1) is 0 Å². The van der Waals surface area contributed by atoms with Crippen molar-refractivity contribution < 1.29 is 4.74 Å². The number of hydrogen-bond acceptors (Lipinski definition) is 3. The lowest BCUT2D eigenvalue weighted by atomic mass is 9.99. The zero-order valence-electron chi connectivity index (χ0n) is 9.65. The summed E-state index contributed by atoms with van der Waals surface area (Å²) < 4.78 is 5.70. The highest BCUT2D eigenvalue weighted by molar-refractivity contribution is 5.39. The molecule has 0 radical (unpaired) electrons. The Morgan fingerprint density at radius 2 is 2.19 bits per heavy atom. The van der Waals surface area contributed by atoms with Crippen molar-refractivity contribution in [1.29, 1.82) is 0 Å². The zero-order valence-corrected chi connectivity index (χ0v) is 9.65. The van der Waals surface area contributed by atoms with E-state index in [0.29, 0.717) is 12.0 Å². The van der Waals surface area contributed by atoms with Crippen molar-refractivity contribution in [1.82, 2.24) is 10.2 Å². The van der Waals surface area contributed by atoms with Gasteiger partial charge in [0.15, 0.2) is 0 Å². The van der Waals surface area contributed by atoms with E-state index in [1.165, 1.54) is 5.56 Å². The second-order valence-corrected chi connectivity index (χ2v) is 4.80. The van der Waals surface area contributed by atoms with Gasteiger partial charge in [0.05, 0.1) is 6.61 Å². The first-order chi connectivity index (χ1) is 7.84. The van der Waals surface area contributed by atoms with Gasteiger partial charge < -0.3 is 15.0 Å². The van der Waals surface area contributed by atoms with Gasteiger partial charge in [-0.05, 0) is 13.1 Å². The number of likely N-dealkylation sites (N-methyl/N-ethyl adjacent to an activating group) is 1. The van der Waals surface area contributed by atoms with Crippen LogP contribution in [0, 0.1) is 0 Å². The van der Waals surface area contributed by atoms with Crippen molar-refractivity contribution in [3.05, 3.63) is 29.8 Å². The highest BCUT2D eigenvalue weighted by Crippen LogP contribution is 2.33. The number of benzene rings is 1. The first kappa shape index (κ1) is 10.1. The van der Waals surface area contributed by atoms with Gasteiger partial charge in [0, 0.05) is 37.2 Å². The Morgan fingerprint density at radius 1 is 1.38 bits per heavy atom. The standard InChI is InChI=1S/C13H18N2O/c1-15(11-6-14-7-11)8-10-9-16-13-5-3-2-4-12(10)13/h2-5,10-11,14H,6-9H2,1H3. The molecule has 1 unspecified atom stereocenters. The summed E-state index contributed by atoms with van der Waals surface area (Å²) in [5.74, 6) is 1.62. The molecule has 0 saturated carbocycles. The summed E-state index contributed by atoms with van der Waals surface area (Å²) >= 11 is 0. The van der Waals surface area contributed by atoms with Gasteiger partial charge in [0.25, 0.3) is 0 Å². The first-order valence-corrected chi connectivity index (χ1v) is 5.97. The predicted molar refractivity (Wildman–Crippen MR) is 64.0 cm³/mol. The lowest BCUT2D eigenvalue weighted by Crippen LogP contribution is -2.56. The summed E-state index contributed by atoms with van der Waals surface area (Å²) in [6, 6.07) is 9.12. The van der Waals surface area contributed by atoms with Crippen LogP contribution in [0.4, 0.5) is 0 Å². The van der Waals surface area contributed by atoms with Crippen LogP contribution in [0.5, 0.6) is 5.75 Å². The summed E-state index contributed by atoms with van der Waals surface area (Å²) in [6.45, 7) is 4.20. The van der Waals surface area contributed by atoms with Crippen molar-refractivity contribution in [2.24, 2.45) is 0 Å². The minimum absolute atomic E-state index is 0.543. The molecule has 86 valence electrons. The van der Waals surface area contributed by atoms with Crippen LogP contribution in [-0.4, -0.2) is 44.2 Å². The van der Waals surface area contributed by atoms with Crippen molar-refractivity contribution in [3.63, 3.8) is 0 Å². The molecule has 0 bridgehead atoms. The van der Waals surface area contributed by atoms with Gasteiger partial charge in [-0.1, -0.05) is 18.2 Å². The van der Waals surface area contributed by atoms with Crippen LogP contribution in [0.15, 0.2) is 24.3 Å². The maximum atomic E-state index is 5.70. The summed E-state index contributed by atoms with van der Waals surface area (Å²) in [4.78, 5) is 2.45. The monoisotopic (exact) mass is 218 g/mol. The molecule has 1 N–H and O–H groups in total. The molecule has 1 aromatic carbocycles. The van der Waals surface area contributed by atoms with Crippen LogP contribution in [0.1, 0.15) is 11.5 Å². The first-order valence-electron chi connectivity index (χ1n) is 5.97. The van der Waals surface area contributed by atoms with Gasteiger partial charge in [-0.25, -0.2) is 0 Å². The van der Waals surface area contributed by atoms with E-state index in [-0.39, 0.29) is 0 Å². The van der Waals surface area contributed by atoms with E-state index in [0.717, 1.165) is 32.0 Å². The number of ether oxygens (including phenoxy) is 1. The molecule has 0 amide bonds. The van der Waals surface area contributed by atoms with Crippen LogP contribution in [0.3, 0.4) is 0 Å². The molecule has 0 aliphatic carbocycles. The van der Waals surface area contributed by atoms with Crippen LogP contribution in [0.2, 0.25) is 0 Å². The Balaban J connectivity index is 1.68. The lowest BCUT2D eigenvalue weighted by molar-refractivity contribution is 0.163. The number of para-hydroxylation sites is 1. The quantitative estimate of drug-likeness (QED) is 0.821. The molecule has 3 heteroatoms. The largest absolute Gasteiger partial charge is 0.493 e. The third kappa shape index (κ3) is 1.70. The van der Waals surface area contributed by atoms with E-state index < -0.39 is 0 Å². The molecule has 16 heavy (non-hydrogen) atoms. The Labute approximate surface area is 96.4 Å². The predicted octanol–water partition coefficient (Wildman–Crippen LogP) is 1.07. The molecule has 3 nitrogen and oxygen atoms in total. The van der Waals surface area contributed by atoms with Crippen molar-refractivity contribution >= 4 is 0 Å². The second kappa shape index (κ2) is 4.07. The maximum Gasteiger partial charge on any atom is 0.122 e. The molecule has 0 aromatic heterocycles. The third-order valence-corrected chi connectivity index (χ3v) is 3.69. The molecule has 1 atom stereocenters. The number of fused-ring (bicyclic) bond motifs is 1. The van der Waals surface area contributed by atoms with Gasteiger partial charge in [0.2, 0.25) is 0 Å². The van der Waals surface area contributed by atoms with Gasteiger partial charge in [-0.3, -0.25) is 0 Å². The highest BCUT2D eigenvalue weighted by atomic mass is 16.5. The van der Waals surface area contributed by atoms with Crippen molar-refractivity contribution in [2.75, 3.05) is 33.3 Å². The molecule has 1 aromatic rings. The fraction of sp³-hybridized carbons (Fsp3) is 0.538. The number of hydrogen-bond donors (Lipinski definition) is 1. The van der Waals surface area contributed by atoms with E-state index >= 15 is 0 Å². The minimum atomic E-state index is 0.543. The Bertz CT molecular complexity index is 376. The van der Waals surface area contributed by atoms with E-state index in [2.05, 4.69) is 35.5 Å². The second-order valence-electron chi connectivity index (χ2n) is 4.80. The lowest BCUT2D eigenvalue weighted by Gasteiger charge is -2.36. The Hall–Kier alpha value is -1.06. The molecule has 1 saturated heterocycles. The number of nitrogens with one attached hydrogen (secondary N) is 1. The molecular weight excluding hydrogens is 200 g/mol. The SMILES string of the molecule is CN(CC1COc2ccccc21)C1CNC1.